The maximum atomic E-state index is 11.3. The lowest BCUT2D eigenvalue weighted by Crippen LogP contribution is -2.13. The van der Waals surface area contributed by atoms with Crippen molar-refractivity contribution in [3.8, 4) is 0 Å². The number of rotatable bonds is 18. The molecule has 0 aliphatic heterocycles. The van der Waals surface area contributed by atoms with Gasteiger partial charge in [0.15, 0.2) is 0 Å². The number of carbonyl (C=O) groups is 1. The molecular formula is C23H46O2P+. The monoisotopic (exact) mass is 385 g/mol. The van der Waals surface area contributed by atoms with Crippen LogP contribution in [0, 0.1) is 0 Å². The minimum absolute atomic E-state index is 0.248. The van der Waals surface area contributed by atoms with Crippen LogP contribution in [0.15, 0.2) is 12.2 Å². The molecule has 0 radical (unpaired) electrons. The SMILES string of the molecule is C=C(C)C(=O)OCCCCCCC[P+](CCCC)(CCCC)CCCC. The van der Waals surface area contributed by atoms with E-state index in [4.69, 9.17) is 4.74 Å². The van der Waals surface area contributed by atoms with Crippen molar-refractivity contribution in [3.63, 3.8) is 0 Å². The van der Waals surface area contributed by atoms with Crippen LogP contribution in [0.3, 0.4) is 0 Å². The molecule has 0 unspecified atom stereocenters. The van der Waals surface area contributed by atoms with E-state index >= 15 is 0 Å². The minimum Gasteiger partial charge on any atom is -0.462 e. The number of unbranched alkanes of at least 4 members (excludes halogenated alkanes) is 7. The summed E-state index contributed by atoms with van der Waals surface area (Å²) in [6.07, 6.45) is 20.7. The predicted octanol–water partition coefficient (Wildman–Crippen LogP) is 7.47. The van der Waals surface area contributed by atoms with Crippen LogP contribution in [0.5, 0.6) is 0 Å². The fraction of sp³-hybridized carbons (Fsp3) is 0.870. The van der Waals surface area contributed by atoms with Gasteiger partial charge in [-0.15, -0.1) is 0 Å². The molecule has 0 aromatic rings. The molecule has 0 aliphatic rings. The Bertz CT molecular complexity index is 343. The third kappa shape index (κ3) is 12.9. The molecule has 0 spiro atoms. The van der Waals surface area contributed by atoms with Gasteiger partial charge in [0.1, 0.15) is 0 Å². The van der Waals surface area contributed by atoms with Crippen LogP contribution < -0.4 is 0 Å². The van der Waals surface area contributed by atoms with Gasteiger partial charge >= 0.3 is 5.97 Å². The Balaban J connectivity index is 4.12. The highest BCUT2D eigenvalue weighted by Gasteiger charge is 2.34. The van der Waals surface area contributed by atoms with Gasteiger partial charge in [-0.05, 0) is 45.4 Å². The lowest BCUT2D eigenvalue weighted by atomic mass is 10.2. The second-order valence-corrected chi connectivity index (χ2v) is 12.5. The van der Waals surface area contributed by atoms with Gasteiger partial charge in [0.25, 0.3) is 0 Å². The van der Waals surface area contributed by atoms with Crippen LogP contribution >= 0.6 is 7.26 Å². The summed E-state index contributed by atoms with van der Waals surface area (Å²) >= 11 is 0. The normalized spacial score (nSPS) is 11.5. The average molecular weight is 386 g/mol. The zero-order valence-electron chi connectivity index (χ0n) is 18.3. The predicted molar refractivity (Wildman–Crippen MR) is 120 cm³/mol. The van der Waals surface area contributed by atoms with Crippen molar-refractivity contribution in [2.75, 3.05) is 31.3 Å². The summed E-state index contributed by atoms with van der Waals surface area (Å²) in [6, 6.07) is 0. The highest BCUT2D eigenvalue weighted by molar-refractivity contribution is 7.75. The Morgan fingerprint density at radius 1 is 0.731 bits per heavy atom. The largest absolute Gasteiger partial charge is 0.462 e. The summed E-state index contributed by atoms with van der Waals surface area (Å²) in [4.78, 5) is 11.3. The maximum Gasteiger partial charge on any atom is 0.333 e. The van der Waals surface area contributed by atoms with Crippen LogP contribution in [0.4, 0.5) is 0 Å². The first-order valence-electron chi connectivity index (χ1n) is 11.2. The zero-order chi connectivity index (χ0) is 19.7. The van der Waals surface area contributed by atoms with Gasteiger partial charge in [-0.3, -0.25) is 0 Å². The fourth-order valence-electron chi connectivity index (χ4n) is 3.52. The molecule has 3 heteroatoms. The Labute approximate surface area is 164 Å². The Morgan fingerprint density at radius 2 is 1.15 bits per heavy atom. The molecule has 0 heterocycles. The molecule has 0 aliphatic carbocycles. The summed E-state index contributed by atoms with van der Waals surface area (Å²) in [7, 11) is -0.710. The maximum absolute atomic E-state index is 11.3. The molecule has 0 aromatic carbocycles. The van der Waals surface area contributed by atoms with Gasteiger partial charge in [-0.2, -0.15) is 0 Å². The standard InChI is InChI=1S/C23H46O2P/c1-6-9-18-26(19-10-7-2,20-11-8-3)21-16-14-12-13-15-17-25-23(24)22(4)5/h4,6-21H2,1-3,5H3/q+1. The first kappa shape index (κ1) is 25.6. The number of hydrogen-bond donors (Lipinski definition) is 0. The van der Waals surface area contributed by atoms with Gasteiger partial charge in [0.2, 0.25) is 0 Å². The first-order chi connectivity index (χ1) is 12.5. The number of esters is 1. The quantitative estimate of drug-likeness (QED) is 0.106. The molecule has 0 bridgehead atoms. The highest BCUT2D eigenvalue weighted by Crippen LogP contribution is 2.61. The lowest BCUT2D eigenvalue weighted by molar-refractivity contribution is -0.139. The van der Waals surface area contributed by atoms with E-state index in [0.717, 1.165) is 6.42 Å². The molecule has 0 saturated carbocycles. The lowest BCUT2D eigenvalue weighted by Gasteiger charge is -2.28. The molecule has 26 heavy (non-hydrogen) atoms. The fourth-order valence-corrected chi connectivity index (χ4v) is 8.72. The zero-order valence-corrected chi connectivity index (χ0v) is 19.2. The third-order valence-corrected chi connectivity index (χ3v) is 10.4. The van der Waals surface area contributed by atoms with Gasteiger partial charge in [-0.25, -0.2) is 4.79 Å². The molecule has 0 saturated heterocycles. The molecule has 2 nitrogen and oxygen atoms in total. The van der Waals surface area contributed by atoms with E-state index in [-0.39, 0.29) is 5.97 Å². The second kappa shape index (κ2) is 16.8. The van der Waals surface area contributed by atoms with E-state index in [1.165, 1.54) is 70.4 Å². The van der Waals surface area contributed by atoms with Gasteiger partial charge in [-0.1, -0.05) is 59.5 Å². The van der Waals surface area contributed by atoms with Crippen LogP contribution in [0.2, 0.25) is 0 Å². The van der Waals surface area contributed by atoms with Crippen LogP contribution in [0.25, 0.3) is 0 Å². The number of hydrogen-bond acceptors (Lipinski definition) is 2. The van der Waals surface area contributed by atoms with Gasteiger partial charge in [0.05, 0.1) is 31.3 Å². The van der Waals surface area contributed by atoms with Crippen molar-refractivity contribution < 1.29 is 9.53 Å². The minimum atomic E-state index is -0.710. The highest BCUT2D eigenvalue weighted by atomic mass is 31.2. The van der Waals surface area contributed by atoms with E-state index < -0.39 is 7.26 Å². The summed E-state index contributed by atoms with van der Waals surface area (Å²) in [5.41, 5.74) is 0.497. The van der Waals surface area contributed by atoms with Crippen molar-refractivity contribution in [1.29, 1.82) is 0 Å². The molecule has 0 aromatic heterocycles. The van der Waals surface area contributed by atoms with E-state index in [1.54, 1.807) is 25.4 Å². The van der Waals surface area contributed by atoms with Crippen LogP contribution in [-0.4, -0.2) is 37.2 Å². The molecule has 0 amide bonds. The molecule has 154 valence electrons. The van der Waals surface area contributed by atoms with E-state index in [0.29, 0.717) is 12.2 Å². The van der Waals surface area contributed by atoms with Crippen LogP contribution in [-0.2, 0) is 9.53 Å². The summed E-state index contributed by atoms with van der Waals surface area (Å²) < 4.78 is 5.16. The Morgan fingerprint density at radius 3 is 1.62 bits per heavy atom. The van der Waals surface area contributed by atoms with Gasteiger partial charge < -0.3 is 4.74 Å². The topological polar surface area (TPSA) is 26.3 Å². The van der Waals surface area contributed by atoms with Crippen molar-refractivity contribution >= 4 is 13.2 Å². The smallest absolute Gasteiger partial charge is 0.333 e. The van der Waals surface area contributed by atoms with Crippen molar-refractivity contribution in [3.05, 3.63) is 12.2 Å². The van der Waals surface area contributed by atoms with E-state index in [1.807, 2.05) is 0 Å². The third-order valence-electron chi connectivity index (χ3n) is 5.32. The van der Waals surface area contributed by atoms with Crippen molar-refractivity contribution in [1.82, 2.24) is 0 Å². The molecule has 0 fully saturated rings. The first-order valence-corrected chi connectivity index (χ1v) is 13.7. The Kier molecular flexibility index (Phi) is 16.6. The van der Waals surface area contributed by atoms with E-state index in [9.17, 15) is 4.79 Å². The average Bonchev–Trinajstić information content (AvgIpc) is 2.64. The summed E-state index contributed by atoms with van der Waals surface area (Å²) in [5.74, 6) is -0.248. The van der Waals surface area contributed by atoms with Crippen molar-refractivity contribution in [2.24, 2.45) is 0 Å². The Hall–Kier alpha value is -0.360. The second-order valence-electron chi connectivity index (χ2n) is 7.98. The van der Waals surface area contributed by atoms with Crippen molar-refractivity contribution in [2.45, 2.75) is 98.3 Å². The van der Waals surface area contributed by atoms with E-state index in [2.05, 4.69) is 27.4 Å². The summed E-state index contributed by atoms with van der Waals surface area (Å²) in [5, 5.41) is 0. The van der Waals surface area contributed by atoms with Crippen LogP contribution in [0.1, 0.15) is 98.3 Å². The molecule has 0 N–H and O–H groups in total. The summed E-state index contributed by atoms with van der Waals surface area (Å²) in [6.45, 7) is 12.9. The number of ether oxygens (including phenoxy) is 1. The molecule has 0 atom stereocenters. The molecular weight excluding hydrogens is 339 g/mol. The molecule has 0 rings (SSSR count). The number of carbonyl (C=O) groups excluding carboxylic acids is 1. The van der Waals surface area contributed by atoms with Gasteiger partial charge in [0, 0.05) is 12.8 Å².